The Bertz CT molecular complexity index is 573. The Morgan fingerprint density at radius 1 is 0.950 bits per heavy atom. The monoisotopic (exact) mass is 274 g/mol. The van der Waals surface area contributed by atoms with Crippen LogP contribution < -0.4 is 19.9 Å². The molecule has 2 aromatic rings. The first-order valence-electron chi connectivity index (χ1n) is 6.53. The third-order valence-electron chi connectivity index (χ3n) is 2.51. The van der Waals surface area contributed by atoms with Gasteiger partial charge in [0.2, 0.25) is 11.8 Å². The third-order valence-corrected chi connectivity index (χ3v) is 2.51. The van der Waals surface area contributed by atoms with Crippen molar-refractivity contribution in [1.29, 1.82) is 0 Å². The molecule has 5 nitrogen and oxygen atoms in total. The maximum atomic E-state index is 5.78. The van der Waals surface area contributed by atoms with Gasteiger partial charge >= 0.3 is 0 Å². The fraction of sp³-hybridized carbons (Fsp3) is 0.267. The summed E-state index contributed by atoms with van der Waals surface area (Å²) in [5.41, 5.74) is 6.26. The number of nitrogens with zero attached hydrogens (tertiary/aromatic N) is 1. The summed E-state index contributed by atoms with van der Waals surface area (Å²) >= 11 is 0. The predicted octanol–water partition coefficient (Wildman–Crippen LogP) is 3.25. The molecule has 0 saturated carbocycles. The molecule has 0 bridgehead atoms. The van der Waals surface area contributed by atoms with Gasteiger partial charge in [-0.15, -0.1) is 0 Å². The molecule has 0 atom stereocenters. The van der Waals surface area contributed by atoms with Gasteiger partial charge < -0.3 is 19.9 Å². The van der Waals surface area contributed by atoms with Gasteiger partial charge in [0.1, 0.15) is 0 Å². The van der Waals surface area contributed by atoms with E-state index < -0.39 is 0 Å². The average molecular weight is 274 g/mol. The number of hydrogen-bond donors (Lipinski definition) is 1. The lowest BCUT2D eigenvalue weighted by Gasteiger charge is -2.12. The lowest BCUT2D eigenvalue weighted by atomic mass is 10.3. The molecule has 2 rings (SSSR count). The van der Waals surface area contributed by atoms with Crippen LogP contribution in [0.1, 0.15) is 13.8 Å². The number of anilines is 1. The van der Waals surface area contributed by atoms with Crippen molar-refractivity contribution in [2.24, 2.45) is 0 Å². The van der Waals surface area contributed by atoms with Gasteiger partial charge in [-0.3, -0.25) is 0 Å². The molecular weight excluding hydrogens is 256 g/mol. The van der Waals surface area contributed by atoms with Crippen LogP contribution in [0.4, 0.5) is 5.69 Å². The fourth-order valence-electron chi connectivity index (χ4n) is 1.67. The van der Waals surface area contributed by atoms with Gasteiger partial charge in [-0.1, -0.05) is 12.1 Å². The van der Waals surface area contributed by atoms with Gasteiger partial charge in [0.25, 0.3) is 0 Å². The molecule has 20 heavy (non-hydrogen) atoms. The lowest BCUT2D eigenvalue weighted by Crippen LogP contribution is -2.01. The summed E-state index contributed by atoms with van der Waals surface area (Å²) in [6, 6.07) is 10.8. The number of aromatic nitrogens is 1. The van der Waals surface area contributed by atoms with Crippen LogP contribution in [-0.4, -0.2) is 18.2 Å². The fourth-order valence-corrected chi connectivity index (χ4v) is 1.67. The van der Waals surface area contributed by atoms with E-state index in [1.165, 1.54) is 0 Å². The van der Waals surface area contributed by atoms with E-state index in [9.17, 15) is 0 Å². The number of ether oxygens (including phenoxy) is 3. The molecular formula is C15H18N2O3. The first kappa shape index (κ1) is 14.0. The Morgan fingerprint density at radius 2 is 1.65 bits per heavy atom. The zero-order chi connectivity index (χ0) is 14.4. The second-order valence-corrected chi connectivity index (χ2v) is 3.96. The Morgan fingerprint density at radius 3 is 2.35 bits per heavy atom. The van der Waals surface area contributed by atoms with Crippen molar-refractivity contribution in [2.45, 2.75) is 13.8 Å². The minimum atomic E-state index is 0.374. The van der Waals surface area contributed by atoms with E-state index in [4.69, 9.17) is 19.9 Å². The highest BCUT2D eigenvalue weighted by Crippen LogP contribution is 2.32. The largest absolute Gasteiger partial charge is 0.490 e. The summed E-state index contributed by atoms with van der Waals surface area (Å²) in [6.45, 7) is 4.86. The Balaban J connectivity index is 2.23. The van der Waals surface area contributed by atoms with Gasteiger partial charge in [0.15, 0.2) is 11.5 Å². The van der Waals surface area contributed by atoms with Crippen LogP contribution in [-0.2, 0) is 0 Å². The number of benzene rings is 1. The molecule has 0 spiro atoms. The third kappa shape index (κ3) is 3.32. The molecule has 0 amide bonds. The van der Waals surface area contributed by atoms with E-state index in [-0.39, 0.29) is 0 Å². The molecule has 0 aliphatic rings. The zero-order valence-corrected chi connectivity index (χ0v) is 11.6. The molecule has 1 heterocycles. The summed E-state index contributed by atoms with van der Waals surface area (Å²) in [6.07, 6.45) is 0. The second-order valence-electron chi connectivity index (χ2n) is 3.96. The first-order chi connectivity index (χ1) is 9.74. The van der Waals surface area contributed by atoms with Crippen molar-refractivity contribution in [3.05, 3.63) is 36.4 Å². The van der Waals surface area contributed by atoms with Crippen LogP contribution in [0.3, 0.4) is 0 Å². The van der Waals surface area contributed by atoms with Crippen molar-refractivity contribution in [3.63, 3.8) is 0 Å². The standard InChI is InChI=1S/C15H18N2O3/c1-3-18-12-7-5-6-8-13(12)20-14-10-9-11(16)15(17-14)19-4-2/h5-10H,3-4,16H2,1-2H3. The molecule has 0 saturated heterocycles. The van der Waals surface area contributed by atoms with Gasteiger partial charge in [-0.2, -0.15) is 4.98 Å². The van der Waals surface area contributed by atoms with E-state index in [2.05, 4.69) is 4.98 Å². The SMILES string of the molecule is CCOc1ccccc1Oc1ccc(N)c(OCC)n1. The average Bonchev–Trinajstić information content (AvgIpc) is 2.45. The molecule has 0 aliphatic heterocycles. The molecule has 2 N–H and O–H groups in total. The molecule has 5 heteroatoms. The van der Waals surface area contributed by atoms with E-state index in [1.807, 2.05) is 38.1 Å². The number of hydrogen-bond acceptors (Lipinski definition) is 5. The van der Waals surface area contributed by atoms with Gasteiger partial charge in [-0.25, -0.2) is 0 Å². The molecule has 0 radical (unpaired) electrons. The summed E-state index contributed by atoms with van der Waals surface area (Å²) in [5.74, 6) is 2.06. The molecule has 0 fully saturated rings. The van der Waals surface area contributed by atoms with Crippen molar-refractivity contribution >= 4 is 5.69 Å². The van der Waals surface area contributed by atoms with E-state index in [0.717, 1.165) is 0 Å². The normalized spacial score (nSPS) is 10.1. The maximum Gasteiger partial charge on any atom is 0.240 e. The van der Waals surface area contributed by atoms with Gasteiger partial charge in [-0.05, 0) is 32.0 Å². The Labute approximate surface area is 118 Å². The molecule has 1 aromatic heterocycles. The smallest absolute Gasteiger partial charge is 0.240 e. The van der Waals surface area contributed by atoms with Crippen molar-refractivity contribution in [1.82, 2.24) is 4.98 Å². The van der Waals surface area contributed by atoms with Crippen LogP contribution in [0, 0.1) is 0 Å². The van der Waals surface area contributed by atoms with Crippen molar-refractivity contribution in [2.75, 3.05) is 18.9 Å². The summed E-state index contributed by atoms with van der Waals surface area (Å²) in [5, 5.41) is 0. The van der Waals surface area contributed by atoms with Gasteiger partial charge in [0, 0.05) is 6.07 Å². The minimum absolute atomic E-state index is 0.374. The molecule has 0 unspecified atom stereocenters. The highest BCUT2D eigenvalue weighted by Gasteiger charge is 2.09. The zero-order valence-electron chi connectivity index (χ0n) is 11.6. The minimum Gasteiger partial charge on any atom is -0.490 e. The number of para-hydroxylation sites is 2. The van der Waals surface area contributed by atoms with Crippen LogP contribution in [0.5, 0.6) is 23.3 Å². The van der Waals surface area contributed by atoms with E-state index in [0.29, 0.717) is 42.2 Å². The first-order valence-corrected chi connectivity index (χ1v) is 6.53. The number of nitrogen functional groups attached to an aromatic ring is 1. The quantitative estimate of drug-likeness (QED) is 0.875. The number of pyridine rings is 1. The lowest BCUT2D eigenvalue weighted by molar-refractivity contribution is 0.311. The summed E-state index contributed by atoms with van der Waals surface area (Å²) < 4.78 is 16.6. The van der Waals surface area contributed by atoms with Crippen LogP contribution in [0.2, 0.25) is 0 Å². The summed E-state index contributed by atoms with van der Waals surface area (Å²) in [4.78, 5) is 4.23. The second kappa shape index (κ2) is 6.65. The summed E-state index contributed by atoms with van der Waals surface area (Å²) in [7, 11) is 0. The highest BCUT2D eigenvalue weighted by molar-refractivity contribution is 5.50. The van der Waals surface area contributed by atoms with Crippen LogP contribution in [0.25, 0.3) is 0 Å². The van der Waals surface area contributed by atoms with Crippen LogP contribution >= 0.6 is 0 Å². The van der Waals surface area contributed by atoms with E-state index >= 15 is 0 Å². The number of rotatable bonds is 6. The van der Waals surface area contributed by atoms with E-state index in [1.54, 1.807) is 12.1 Å². The Kier molecular flexibility index (Phi) is 4.65. The molecule has 106 valence electrons. The van der Waals surface area contributed by atoms with Gasteiger partial charge in [0.05, 0.1) is 18.9 Å². The van der Waals surface area contributed by atoms with Crippen LogP contribution in [0.15, 0.2) is 36.4 Å². The molecule has 0 aliphatic carbocycles. The predicted molar refractivity (Wildman–Crippen MR) is 77.5 cm³/mol. The number of nitrogens with two attached hydrogens (primary N) is 1. The Hall–Kier alpha value is -2.43. The van der Waals surface area contributed by atoms with Crippen molar-refractivity contribution < 1.29 is 14.2 Å². The highest BCUT2D eigenvalue weighted by atomic mass is 16.5. The maximum absolute atomic E-state index is 5.78. The molecule has 1 aromatic carbocycles. The van der Waals surface area contributed by atoms with Crippen molar-refractivity contribution in [3.8, 4) is 23.3 Å². The topological polar surface area (TPSA) is 66.6 Å².